The van der Waals surface area contributed by atoms with Gasteiger partial charge < -0.3 is 28.8 Å². The maximum absolute atomic E-state index is 12.5. The Balaban J connectivity index is 1.28. The minimum atomic E-state index is -0.466. The first-order valence-corrected chi connectivity index (χ1v) is 11.8. The van der Waals surface area contributed by atoms with Gasteiger partial charge in [0.25, 0.3) is 5.91 Å². The molecule has 1 amide bonds. The second-order valence-electron chi connectivity index (χ2n) is 8.19. The third-order valence-corrected chi connectivity index (χ3v) is 6.06. The van der Waals surface area contributed by atoms with Gasteiger partial charge in [-0.2, -0.15) is 0 Å². The first-order valence-electron chi connectivity index (χ1n) is 11.4. The zero-order chi connectivity index (χ0) is 25.5. The van der Waals surface area contributed by atoms with E-state index in [1.165, 1.54) is 19.4 Å². The molecule has 0 atom stereocenters. The SMILES string of the molecule is COc1ccc(Cl)cc1NC(=O)COc1coc(CN2CCN(c3ccccc3OC)CC2)cc1=O. The standard InChI is InChI=1S/C26H28ClN3O6/c1-33-23-8-7-18(27)13-20(23)28-26(32)17-36-25-16-35-19(14-22(25)31)15-29-9-11-30(12-10-29)21-5-3-4-6-24(21)34-2/h3-8,13-14,16H,9-12,15,17H2,1-2H3,(H,28,32). The van der Waals surface area contributed by atoms with Crippen molar-refractivity contribution in [2.45, 2.75) is 6.54 Å². The van der Waals surface area contributed by atoms with E-state index >= 15 is 0 Å². The van der Waals surface area contributed by atoms with E-state index in [0.29, 0.717) is 28.8 Å². The molecular formula is C26H28ClN3O6. The summed E-state index contributed by atoms with van der Waals surface area (Å²) in [6.45, 7) is 3.42. The second-order valence-corrected chi connectivity index (χ2v) is 8.63. The first-order chi connectivity index (χ1) is 17.5. The van der Waals surface area contributed by atoms with Crippen molar-refractivity contribution in [2.75, 3.05) is 57.2 Å². The fourth-order valence-corrected chi connectivity index (χ4v) is 4.16. The number of nitrogens with one attached hydrogen (secondary N) is 1. The van der Waals surface area contributed by atoms with E-state index in [1.807, 2.05) is 18.2 Å². The zero-order valence-electron chi connectivity index (χ0n) is 20.2. The fourth-order valence-electron chi connectivity index (χ4n) is 3.99. The molecule has 1 N–H and O–H groups in total. The highest BCUT2D eigenvalue weighted by molar-refractivity contribution is 6.31. The molecule has 9 nitrogen and oxygen atoms in total. The van der Waals surface area contributed by atoms with E-state index in [4.69, 9.17) is 30.2 Å². The van der Waals surface area contributed by atoms with Crippen molar-refractivity contribution >= 4 is 28.9 Å². The Labute approximate surface area is 214 Å². The molecule has 3 aromatic rings. The van der Waals surface area contributed by atoms with Gasteiger partial charge in [0.2, 0.25) is 11.2 Å². The number of carbonyl (C=O) groups is 1. The van der Waals surface area contributed by atoms with Crippen LogP contribution in [0, 0.1) is 0 Å². The molecule has 0 unspecified atom stereocenters. The minimum absolute atomic E-state index is 0.0343. The number of amides is 1. The highest BCUT2D eigenvalue weighted by Gasteiger charge is 2.20. The molecule has 1 aliphatic heterocycles. The molecule has 1 saturated heterocycles. The van der Waals surface area contributed by atoms with Gasteiger partial charge >= 0.3 is 0 Å². The van der Waals surface area contributed by atoms with Gasteiger partial charge in [0.05, 0.1) is 32.1 Å². The maximum atomic E-state index is 12.5. The van der Waals surface area contributed by atoms with E-state index in [2.05, 4.69) is 21.2 Å². The second kappa shape index (κ2) is 11.8. The third-order valence-electron chi connectivity index (χ3n) is 5.82. The topological polar surface area (TPSA) is 93.5 Å². The number of rotatable bonds is 9. The Morgan fingerprint density at radius 2 is 1.75 bits per heavy atom. The van der Waals surface area contributed by atoms with Crippen LogP contribution in [-0.4, -0.2) is 57.8 Å². The van der Waals surface area contributed by atoms with E-state index in [9.17, 15) is 9.59 Å². The average Bonchev–Trinajstić information content (AvgIpc) is 2.89. The molecule has 2 heterocycles. The number of anilines is 2. The number of piperazine rings is 1. The molecule has 1 aromatic heterocycles. The van der Waals surface area contributed by atoms with Crippen LogP contribution in [0.5, 0.6) is 17.2 Å². The Hall–Kier alpha value is -3.69. The number of hydrogen-bond acceptors (Lipinski definition) is 8. The fraction of sp³-hybridized carbons (Fsp3) is 0.308. The van der Waals surface area contributed by atoms with Crippen molar-refractivity contribution in [2.24, 2.45) is 0 Å². The molecule has 36 heavy (non-hydrogen) atoms. The third kappa shape index (κ3) is 6.30. The van der Waals surface area contributed by atoms with Gasteiger partial charge in [-0.05, 0) is 30.3 Å². The summed E-state index contributed by atoms with van der Waals surface area (Å²) in [4.78, 5) is 29.3. The first kappa shape index (κ1) is 25.4. The van der Waals surface area contributed by atoms with E-state index < -0.39 is 5.91 Å². The van der Waals surface area contributed by atoms with Gasteiger partial charge in [0, 0.05) is 37.3 Å². The summed E-state index contributed by atoms with van der Waals surface area (Å²) in [6.07, 6.45) is 1.25. The lowest BCUT2D eigenvalue weighted by atomic mass is 10.2. The minimum Gasteiger partial charge on any atom is -0.495 e. The van der Waals surface area contributed by atoms with Crippen LogP contribution >= 0.6 is 11.6 Å². The average molecular weight is 514 g/mol. The molecule has 4 rings (SSSR count). The number of para-hydroxylation sites is 2. The van der Waals surface area contributed by atoms with Gasteiger partial charge in [0.15, 0.2) is 6.61 Å². The molecule has 0 aliphatic carbocycles. The summed E-state index contributed by atoms with van der Waals surface area (Å²) >= 11 is 5.98. The number of methoxy groups -OCH3 is 2. The molecule has 2 aromatic carbocycles. The van der Waals surface area contributed by atoms with Crippen LogP contribution in [0.1, 0.15) is 5.76 Å². The van der Waals surface area contributed by atoms with Gasteiger partial charge in [0.1, 0.15) is 23.5 Å². The Morgan fingerprint density at radius 1 is 1.00 bits per heavy atom. The normalized spacial score (nSPS) is 13.8. The highest BCUT2D eigenvalue weighted by Crippen LogP contribution is 2.29. The lowest BCUT2D eigenvalue weighted by Gasteiger charge is -2.36. The molecule has 0 radical (unpaired) electrons. The van der Waals surface area contributed by atoms with E-state index in [-0.39, 0.29) is 17.8 Å². The number of carbonyl (C=O) groups excluding carboxylic acids is 1. The maximum Gasteiger partial charge on any atom is 0.262 e. The van der Waals surface area contributed by atoms with Crippen LogP contribution in [0.25, 0.3) is 0 Å². The molecule has 0 bridgehead atoms. The quantitative estimate of drug-likeness (QED) is 0.463. The van der Waals surface area contributed by atoms with E-state index in [1.54, 1.807) is 25.3 Å². The van der Waals surface area contributed by atoms with Crippen molar-refractivity contribution in [3.05, 3.63) is 75.8 Å². The molecular weight excluding hydrogens is 486 g/mol. The number of benzene rings is 2. The van der Waals surface area contributed by atoms with Gasteiger partial charge in [-0.15, -0.1) is 0 Å². The van der Waals surface area contributed by atoms with Crippen LogP contribution in [0.15, 0.2) is 64.0 Å². The number of hydrogen-bond donors (Lipinski definition) is 1. The van der Waals surface area contributed by atoms with Crippen LogP contribution in [0.2, 0.25) is 5.02 Å². The molecule has 190 valence electrons. The summed E-state index contributed by atoms with van der Waals surface area (Å²) < 4.78 is 21.7. The molecule has 0 spiro atoms. The summed E-state index contributed by atoms with van der Waals surface area (Å²) in [6, 6.07) is 14.2. The van der Waals surface area contributed by atoms with Crippen LogP contribution in [0.4, 0.5) is 11.4 Å². The Morgan fingerprint density at radius 3 is 2.47 bits per heavy atom. The van der Waals surface area contributed by atoms with Gasteiger partial charge in [-0.25, -0.2) is 0 Å². The molecule has 1 aliphatic rings. The molecule has 10 heteroatoms. The van der Waals surface area contributed by atoms with Crippen LogP contribution in [0.3, 0.4) is 0 Å². The lowest BCUT2D eigenvalue weighted by Crippen LogP contribution is -2.46. The summed E-state index contributed by atoms with van der Waals surface area (Å²) in [7, 11) is 3.16. The molecule has 0 saturated carbocycles. The largest absolute Gasteiger partial charge is 0.495 e. The number of nitrogens with zero attached hydrogens (tertiary/aromatic N) is 2. The summed E-state index contributed by atoms with van der Waals surface area (Å²) in [5.74, 6) is 1.35. The molecule has 1 fully saturated rings. The van der Waals surface area contributed by atoms with Crippen molar-refractivity contribution in [3.8, 4) is 17.2 Å². The monoisotopic (exact) mass is 513 g/mol. The predicted molar refractivity (Wildman–Crippen MR) is 138 cm³/mol. The van der Waals surface area contributed by atoms with Crippen molar-refractivity contribution in [1.29, 1.82) is 0 Å². The summed E-state index contributed by atoms with van der Waals surface area (Å²) in [5, 5.41) is 3.10. The van der Waals surface area contributed by atoms with Gasteiger partial charge in [-0.3, -0.25) is 14.5 Å². The highest BCUT2D eigenvalue weighted by atomic mass is 35.5. The Bertz CT molecular complexity index is 1260. The number of halogens is 1. The number of ether oxygens (including phenoxy) is 3. The lowest BCUT2D eigenvalue weighted by molar-refractivity contribution is -0.118. The van der Waals surface area contributed by atoms with Crippen molar-refractivity contribution in [3.63, 3.8) is 0 Å². The van der Waals surface area contributed by atoms with Crippen LogP contribution < -0.4 is 29.9 Å². The zero-order valence-corrected chi connectivity index (χ0v) is 20.9. The van der Waals surface area contributed by atoms with Crippen molar-refractivity contribution < 1.29 is 23.4 Å². The van der Waals surface area contributed by atoms with Gasteiger partial charge in [-0.1, -0.05) is 23.7 Å². The summed E-state index contributed by atoms with van der Waals surface area (Å²) in [5.41, 5.74) is 1.13. The Kier molecular flexibility index (Phi) is 8.35. The van der Waals surface area contributed by atoms with E-state index in [0.717, 1.165) is 37.6 Å². The van der Waals surface area contributed by atoms with Crippen LogP contribution in [-0.2, 0) is 11.3 Å². The van der Waals surface area contributed by atoms with Crippen molar-refractivity contribution in [1.82, 2.24) is 4.90 Å². The smallest absolute Gasteiger partial charge is 0.262 e. The predicted octanol–water partition coefficient (Wildman–Crippen LogP) is 3.65.